The lowest BCUT2D eigenvalue weighted by Crippen LogP contribution is -2.30. The summed E-state index contributed by atoms with van der Waals surface area (Å²) >= 11 is 0. The van der Waals surface area contributed by atoms with E-state index in [2.05, 4.69) is 75.5 Å². The zero-order chi connectivity index (χ0) is 45.8. The van der Waals surface area contributed by atoms with Gasteiger partial charge < -0.3 is 14.2 Å². The third-order valence-corrected chi connectivity index (χ3v) is 9.58. The first kappa shape index (κ1) is 58.3. The largest absolute Gasteiger partial charge is 0.462 e. The predicted molar refractivity (Wildman–Crippen MR) is 269 cm³/mol. The molecule has 0 bridgehead atoms. The molecule has 6 heteroatoms. The summed E-state index contributed by atoms with van der Waals surface area (Å²) in [5.74, 6) is -1.08. The van der Waals surface area contributed by atoms with E-state index in [0.717, 1.165) is 83.5 Å². The summed E-state index contributed by atoms with van der Waals surface area (Å²) in [6.45, 7) is 6.20. The number of unbranched alkanes of at least 4 members (excludes halogenated alkanes) is 14. The third kappa shape index (κ3) is 48.2. The monoisotopic (exact) mass is 867 g/mol. The van der Waals surface area contributed by atoms with Gasteiger partial charge in [0.05, 0.1) is 0 Å². The lowest BCUT2D eigenvalue weighted by molar-refractivity contribution is -0.166. The van der Waals surface area contributed by atoms with Crippen LogP contribution in [-0.4, -0.2) is 37.2 Å². The van der Waals surface area contributed by atoms with E-state index >= 15 is 0 Å². The molecular weight excluding hydrogens is 781 g/mol. The average Bonchev–Trinajstić information content (AvgIpc) is 3.28. The second-order valence-electron chi connectivity index (χ2n) is 15.5. The smallest absolute Gasteiger partial charge is 0.306 e. The Morgan fingerprint density at radius 2 is 0.714 bits per heavy atom. The Bertz CT molecular complexity index is 1460. The fourth-order valence-electron chi connectivity index (χ4n) is 5.95. The molecule has 1 atom stereocenters. The number of hydrogen-bond acceptors (Lipinski definition) is 6. The van der Waals surface area contributed by atoms with Crippen molar-refractivity contribution in [2.45, 2.75) is 181 Å². The Morgan fingerprint density at radius 3 is 1.21 bits per heavy atom. The van der Waals surface area contributed by atoms with Gasteiger partial charge in [0.15, 0.2) is 6.10 Å². The minimum Gasteiger partial charge on any atom is -0.462 e. The molecule has 0 aromatic heterocycles. The van der Waals surface area contributed by atoms with Crippen LogP contribution >= 0.6 is 0 Å². The van der Waals surface area contributed by atoms with Gasteiger partial charge in [-0.15, -0.1) is 0 Å². The van der Waals surface area contributed by atoms with Crippen molar-refractivity contribution in [3.8, 4) is 0 Å². The maximum Gasteiger partial charge on any atom is 0.306 e. The van der Waals surface area contributed by atoms with Crippen molar-refractivity contribution in [3.05, 3.63) is 146 Å². The van der Waals surface area contributed by atoms with Crippen molar-refractivity contribution < 1.29 is 28.6 Å². The minimum absolute atomic E-state index is 0.135. The van der Waals surface area contributed by atoms with Crippen LogP contribution in [-0.2, 0) is 28.6 Å². The fraction of sp³-hybridized carbons (Fsp3) is 0.526. The molecular formula is C57H86O6. The standard InChI is InChI=1S/C57H86O6/c1-4-7-10-13-16-19-22-25-27-28-30-32-35-38-41-44-47-50-56(59)62-53-54(52-61-55(58)49-46-43-40-37-34-31-24-21-18-15-12-9-6-3)63-57(60)51-48-45-42-39-36-33-29-26-23-20-17-14-11-8-5-2/h7-8,10-11,13-14,16-17,19-20,22-23,25-32,34-35,40,43,54H,4-6,9,12,15,18,21,24,33,36-39,41-42,44-53H2,1-3H3/b10-7+,11-8+,16-13+,17-14+,22-19+,23-20+,27-25+,29-26+,30-28+,34-31+,35-32+,43-40+. The Morgan fingerprint density at radius 1 is 0.349 bits per heavy atom. The summed E-state index contributed by atoms with van der Waals surface area (Å²) < 4.78 is 16.6. The van der Waals surface area contributed by atoms with Crippen molar-refractivity contribution in [3.63, 3.8) is 0 Å². The van der Waals surface area contributed by atoms with Gasteiger partial charge in [0.1, 0.15) is 13.2 Å². The van der Waals surface area contributed by atoms with E-state index in [1.165, 1.54) is 38.5 Å². The van der Waals surface area contributed by atoms with Gasteiger partial charge in [0.25, 0.3) is 0 Å². The van der Waals surface area contributed by atoms with E-state index in [1.807, 2.05) is 91.1 Å². The summed E-state index contributed by atoms with van der Waals surface area (Å²) in [4.78, 5) is 37.9. The molecule has 350 valence electrons. The van der Waals surface area contributed by atoms with E-state index in [1.54, 1.807) is 0 Å². The lowest BCUT2D eigenvalue weighted by atomic mass is 10.1. The number of ether oxygens (including phenoxy) is 3. The molecule has 0 N–H and O–H groups in total. The molecule has 0 aromatic carbocycles. The molecule has 0 fully saturated rings. The van der Waals surface area contributed by atoms with E-state index in [4.69, 9.17) is 14.2 Å². The first-order chi connectivity index (χ1) is 31.0. The van der Waals surface area contributed by atoms with Gasteiger partial charge in [-0.1, -0.05) is 224 Å². The topological polar surface area (TPSA) is 78.9 Å². The number of hydrogen-bond donors (Lipinski definition) is 0. The van der Waals surface area contributed by atoms with Crippen LogP contribution < -0.4 is 0 Å². The zero-order valence-electron chi connectivity index (χ0n) is 39.8. The van der Waals surface area contributed by atoms with Gasteiger partial charge in [0, 0.05) is 19.3 Å². The van der Waals surface area contributed by atoms with Crippen LogP contribution in [0.2, 0.25) is 0 Å². The SMILES string of the molecule is CC/C=C/C=C/C=C/C=C/C=C/C=C/CCCCCC(=O)OCC(COC(=O)CC/C=C/C/C=C/CCCCCCCC)OC(=O)CCCCCCC/C=C/C=C/C=C/C=C/CC. The molecule has 0 heterocycles. The highest BCUT2D eigenvalue weighted by Crippen LogP contribution is 2.12. The van der Waals surface area contributed by atoms with Gasteiger partial charge in [0.2, 0.25) is 0 Å². The predicted octanol–water partition coefficient (Wildman–Crippen LogP) is 16.1. The molecule has 1 unspecified atom stereocenters. The number of carbonyl (C=O) groups is 3. The molecule has 0 aliphatic carbocycles. The van der Waals surface area contributed by atoms with Crippen LogP contribution in [0.5, 0.6) is 0 Å². The van der Waals surface area contributed by atoms with E-state index < -0.39 is 6.10 Å². The molecule has 0 aromatic rings. The van der Waals surface area contributed by atoms with E-state index in [-0.39, 0.29) is 50.4 Å². The van der Waals surface area contributed by atoms with Crippen molar-refractivity contribution in [2.24, 2.45) is 0 Å². The minimum atomic E-state index is -0.837. The summed E-state index contributed by atoms with van der Waals surface area (Å²) in [7, 11) is 0. The first-order valence-corrected chi connectivity index (χ1v) is 24.5. The van der Waals surface area contributed by atoms with Crippen molar-refractivity contribution in [1.82, 2.24) is 0 Å². The van der Waals surface area contributed by atoms with Gasteiger partial charge >= 0.3 is 17.9 Å². The highest BCUT2D eigenvalue weighted by molar-refractivity contribution is 5.71. The Kier molecular flexibility index (Phi) is 46.2. The molecule has 63 heavy (non-hydrogen) atoms. The number of esters is 3. The van der Waals surface area contributed by atoms with Crippen LogP contribution in [0.3, 0.4) is 0 Å². The molecule has 0 amide bonds. The highest BCUT2D eigenvalue weighted by atomic mass is 16.6. The maximum absolute atomic E-state index is 12.8. The van der Waals surface area contributed by atoms with Crippen molar-refractivity contribution >= 4 is 17.9 Å². The van der Waals surface area contributed by atoms with Gasteiger partial charge in [-0.2, -0.15) is 0 Å². The van der Waals surface area contributed by atoms with Crippen LogP contribution in [0.15, 0.2) is 146 Å². The van der Waals surface area contributed by atoms with Gasteiger partial charge in [-0.05, 0) is 77.0 Å². The molecule has 0 aliphatic heterocycles. The molecule has 0 aliphatic rings. The van der Waals surface area contributed by atoms with Gasteiger partial charge in [-0.25, -0.2) is 0 Å². The molecule has 6 nitrogen and oxygen atoms in total. The van der Waals surface area contributed by atoms with Crippen molar-refractivity contribution in [1.29, 1.82) is 0 Å². The average molecular weight is 867 g/mol. The highest BCUT2D eigenvalue weighted by Gasteiger charge is 2.19. The summed E-state index contributed by atoms with van der Waals surface area (Å²) in [5.41, 5.74) is 0. The number of carbonyl (C=O) groups excluding carboxylic acids is 3. The van der Waals surface area contributed by atoms with Crippen LogP contribution in [0.25, 0.3) is 0 Å². The van der Waals surface area contributed by atoms with E-state index in [9.17, 15) is 14.4 Å². The lowest BCUT2D eigenvalue weighted by Gasteiger charge is -2.18. The third-order valence-electron chi connectivity index (χ3n) is 9.58. The molecule has 0 spiro atoms. The van der Waals surface area contributed by atoms with Crippen LogP contribution in [0.4, 0.5) is 0 Å². The van der Waals surface area contributed by atoms with E-state index in [0.29, 0.717) is 12.8 Å². The second-order valence-corrected chi connectivity index (χ2v) is 15.5. The first-order valence-electron chi connectivity index (χ1n) is 24.5. The molecule has 0 radical (unpaired) electrons. The van der Waals surface area contributed by atoms with Crippen LogP contribution in [0, 0.1) is 0 Å². The summed E-state index contributed by atoms with van der Waals surface area (Å²) in [5, 5.41) is 0. The number of allylic oxidation sites excluding steroid dienone is 24. The zero-order valence-corrected chi connectivity index (χ0v) is 39.8. The molecule has 0 saturated heterocycles. The normalized spacial score (nSPS) is 13.4. The fourth-order valence-corrected chi connectivity index (χ4v) is 5.95. The Labute approximate surface area is 385 Å². The molecule has 0 rings (SSSR count). The van der Waals surface area contributed by atoms with Crippen molar-refractivity contribution in [2.75, 3.05) is 13.2 Å². The van der Waals surface area contributed by atoms with Gasteiger partial charge in [-0.3, -0.25) is 14.4 Å². The quantitative estimate of drug-likeness (QED) is 0.0200. The van der Waals surface area contributed by atoms with Crippen LogP contribution in [0.1, 0.15) is 175 Å². The summed E-state index contributed by atoms with van der Waals surface area (Å²) in [6.07, 6.45) is 71.2. The summed E-state index contributed by atoms with van der Waals surface area (Å²) in [6, 6.07) is 0. The second kappa shape index (κ2) is 49.9. The Balaban J connectivity index is 4.63. The Hall–Kier alpha value is -4.71. The molecule has 0 saturated carbocycles. The maximum atomic E-state index is 12.8. The number of rotatable bonds is 41.